The van der Waals surface area contributed by atoms with Crippen molar-refractivity contribution in [1.82, 2.24) is 10.2 Å². The average molecular weight is 343 g/mol. The maximum Gasteiger partial charge on any atom is 0.239 e. The maximum atomic E-state index is 12.2. The highest BCUT2D eigenvalue weighted by Gasteiger charge is 2.28. The van der Waals surface area contributed by atoms with Crippen LogP contribution in [-0.4, -0.2) is 29.4 Å². The quantitative estimate of drug-likeness (QED) is 0.877. The first-order chi connectivity index (χ1) is 11.4. The van der Waals surface area contributed by atoms with Crippen LogP contribution in [0.25, 0.3) is 0 Å². The van der Waals surface area contributed by atoms with Crippen LogP contribution >= 0.6 is 11.3 Å². The zero-order chi connectivity index (χ0) is 17.2. The summed E-state index contributed by atoms with van der Waals surface area (Å²) in [5.74, 6) is -0.114. The first-order valence-electron chi connectivity index (χ1n) is 8.36. The molecule has 1 aliphatic rings. The predicted molar refractivity (Wildman–Crippen MR) is 98.9 cm³/mol. The first kappa shape index (κ1) is 17.1. The summed E-state index contributed by atoms with van der Waals surface area (Å²) in [7, 11) is 0. The second kappa shape index (κ2) is 7.05. The molecular formula is C19H25N3OS. The Balaban J connectivity index is 1.77. The number of fused-ring (bicyclic) bond motifs is 1. The summed E-state index contributed by atoms with van der Waals surface area (Å²) in [5, 5.41) is 5.20. The van der Waals surface area contributed by atoms with E-state index in [2.05, 4.69) is 45.9 Å². The molecule has 128 valence electrons. The van der Waals surface area contributed by atoms with Gasteiger partial charge in [0.1, 0.15) is 0 Å². The molecule has 1 aromatic heterocycles. The number of carbonyl (C=O) groups excluding carboxylic acids is 1. The van der Waals surface area contributed by atoms with Crippen molar-refractivity contribution in [3.8, 4) is 0 Å². The number of hydrogen-bond acceptors (Lipinski definition) is 4. The Hall–Kier alpha value is -1.69. The first-order valence-corrected chi connectivity index (χ1v) is 9.24. The fraction of sp³-hybridized carbons (Fsp3) is 0.421. The number of nitrogens with two attached hydrogens (primary N) is 1. The van der Waals surface area contributed by atoms with Crippen LogP contribution in [0.4, 0.5) is 0 Å². The molecular weight excluding hydrogens is 318 g/mol. The normalized spacial score (nSPS) is 16.5. The molecule has 4 nitrogen and oxygen atoms in total. The minimum Gasteiger partial charge on any atom is -0.353 e. The molecule has 24 heavy (non-hydrogen) atoms. The molecule has 0 saturated heterocycles. The van der Waals surface area contributed by atoms with Gasteiger partial charge in [-0.2, -0.15) is 0 Å². The standard InChI is InChI=1S/C19H25N3OS/c1-19(2,20)18(23)21-12-16(14-6-4-3-5-7-14)22-10-8-17-15(13-22)9-11-24-17/h3-7,9,11,16H,8,10,12-13,20H2,1-2H3,(H,21,23). The Kier molecular flexibility index (Phi) is 5.04. The van der Waals surface area contributed by atoms with Gasteiger partial charge >= 0.3 is 0 Å². The lowest BCUT2D eigenvalue weighted by molar-refractivity contribution is -0.125. The highest BCUT2D eigenvalue weighted by molar-refractivity contribution is 7.10. The summed E-state index contributed by atoms with van der Waals surface area (Å²) < 4.78 is 0. The van der Waals surface area contributed by atoms with Crippen molar-refractivity contribution in [3.63, 3.8) is 0 Å². The number of benzene rings is 1. The van der Waals surface area contributed by atoms with Crippen LogP contribution in [0.3, 0.4) is 0 Å². The lowest BCUT2D eigenvalue weighted by Crippen LogP contribution is -2.51. The summed E-state index contributed by atoms with van der Waals surface area (Å²) in [5.41, 5.74) is 7.69. The fourth-order valence-corrected chi connectivity index (χ4v) is 3.98. The van der Waals surface area contributed by atoms with Gasteiger partial charge < -0.3 is 11.1 Å². The molecule has 1 amide bonds. The highest BCUT2D eigenvalue weighted by atomic mass is 32.1. The molecule has 0 radical (unpaired) electrons. The van der Waals surface area contributed by atoms with E-state index in [1.807, 2.05) is 17.4 Å². The van der Waals surface area contributed by atoms with Gasteiger partial charge in [0.2, 0.25) is 5.91 Å². The van der Waals surface area contributed by atoms with Gasteiger partial charge in [-0.05, 0) is 42.8 Å². The van der Waals surface area contributed by atoms with E-state index in [0.29, 0.717) is 6.54 Å². The molecule has 5 heteroatoms. The largest absolute Gasteiger partial charge is 0.353 e. The highest BCUT2D eigenvalue weighted by Crippen LogP contribution is 2.30. The Labute approximate surface area is 147 Å². The molecule has 1 unspecified atom stereocenters. The lowest BCUT2D eigenvalue weighted by atomic mass is 10.0. The molecule has 1 atom stereocenters. The van der Waals surface area contributed by atoms with Crippen LogP contribution < -0.4 is 11.1 Å². The topological polar surface area (TPSA) is 58.4 Å². The number of carbonyl (C=O) groups is 1. The number of rotatable bonds is 5. The van der Waals surface area contributed by atoms with E-state index in [1.165, 1.54) is 16.0 Å². The molecule has 0 saturated carbocycles. The Morgan fingerprint density at radius 1 is 1.33 bits per heavy atom. The molecule has 3 N–H and O–H groups in total. The summed E-state index contributed by atoms with van der Waals surface area (Å²) in [6.07, 6.45) is 1.08. The van der Waals surface area contributed by atoms with Crippen molar-refractivity contribution < 1.29 is 4.79 Å². The van der Waals surface area contributed by atoms with Gasteiger partial charge in [0, 0.05) is 24.5 Å². The van der Waals surface area contributed by atoms with Crippen LogP contribution in [0.2, 0.25) is 0 Å². The van der Waals surface area contributed by atoms with Crippen LogP contribution in [0, 0.1) is 0 Å². The van der Waals surface area contributed by atoms with E-state index in [1.54, 1.807) is 13.8 Å². The van der Waals surface area contributed by atoms with E-state index >= 15 is 0 Å². The molecule has 3 rings (SSSR count). The summed E-state index contributed by atoms with van der Waals surface area (Å²) in [6, 6.07) is 12.8. The van der Waals surface area contributed by atoms with Crippen molar-refractivity contribution in [1.29, 1.82) is 0 Å². The zero-order valence-electron chi connectivity index (χ0n) is 14.3. The second-order valence-corrected chi connectivity index (χ2v) is 7.95. The van der Waals surface area contributed by atoms with Crippen molar-refractivity contribution in [2.75, 3.05) is 13.1 Å². The average Bonchev–Trinajstić information content (AvgIpc) is 3.02. The smallest absolute Gasteiger partial charge is 0.239 e. The number of hydrogen-bond donors (Lipinski definition) is 2. The van der Waals surface area contributed by atoms with E-state index in [0.717, 1.165) is 19.5 Å². The van der Waals surface area contributed by atoms with E-state index < -0.39 is 5.54 Å². The minimum absolute atomic E-state index is 0.114. The van der Waals surface area contributed by atoms with Gasteiger partial charge in [0.25, 0.3) is 0 Å². The third-order valence-corrected chi connectivity index (χ3v) is 5.53. The van der Waals surface area contributed by atoms with Crippen LogP contribution in [0.5, 0.6) is 0 Å². The van der Waals surface area contributed by atoms with Crippen molar-refractivity contribution in [2.45, 2.75) is 38.4 Å². The third kappa shape index (κ3) is 3.86. The lowest BCUT2D eigenvalue weighted by Gasteiger charge is -2.35. The predicted octanol–water partition coefficient (Wildman–Crippen LogP) is 2.70. The van der Waals surface area contributed by atoms with Crippen LogP contribution in [-0.2, 0) is 17.8 Å². The molecule has 0 aliphatic carbocycles. The van der Waals surface area contributed by atoms with E-state index in [4.69, 9.17) is 5.73 Å². The van der Waals surface area contributed by atoms with Crippen LogP contribution in [0.15, 0.2) is 41.8 Å². The molecule has 2 aromatic rings. The molecule has 0 fully saturated rings. The molecule has 0 bridgehead atoms. The molecule has 1 aromatic carbocycles. The molecule has 1 aliphatic heterocycles. The van der Waals surface area contributed by atoms with Gasteiger partial charge in [-0.1, -0.05) is 30.3 Å². The summed E-state index contributed by atoms with van der Waals surface area (Å²) in [6.45, 7) is 5.98. The number of nitrogens with one attached hydrogen (secondary N) is 1. The SMILES string of the molecule is CC(C)(N)C(=O)NCC(c1ccccc1)N1CCc2sccc2C1. The molecule has 2 heterocycles. The van der Waals surface area contributed by atoms with Crippen molar-refractivity contribution in [3.05, 3.63) is 57.8 Å². The Morgan fingerprint density at radius 2 is 2.08 bits per heavy atom. The third-order valence-electron chi connectivity index (χ3n) is 4.50. The summed E-state index contributed by atoms with van der Waals surface area (Å²) >= 11 is 1.84. The van der Waals surface area contributed by atoms with Gasteiger partial charge in [-0.3, -0.25) is 9.69 Å². The van der Waals surface area contributed by atoms with Crippen molar-refractivity contribution >= 4 is 17.2 Å². The number of amides is 1. The van der Waals surface area contributed by atoms with Gasteiger partial charge in [0.05, 0.1) is 11.6 Å². The maximum absolute atomic E-state index is 12.2. The molecule has 0 spiro atoms. The Morgan fingerprint density at radius 3 is 2.79 bits per heavy atom. The summed E-state index contributed by atoms with van der Waals surface area (Å²) in [4.78, 5) is 16.1. The van der Waals surface area contributed by atoms with Gasteiger partial charge in [-0.15, -0.1) is 11.3 Å². The van der Waals surface area contributed by atoms with Gasteiger partial charge in [-0.25, -0.2) is 0 Å². The minimum atomic E-state index is -0.857. The Bertz CT molecular complexity index is 690. The number of thiophene rings is 1. The second-order valence-electron chi connectivity index (χ2n) is 6.95. The zero-order valence-corrected chi connectivity index (χ0v) is 15.1. The monoisotopic (exact) mass is 343 g/mol. The number of nitrogens with zero attached hydrogens (tertiary/aromatic N) is 1. The van der Waals surface area contributed by atoms with E-state index in [-0.39, 0.29) is 11.9 Å². The van der Waals surface area contributed by atoms with Crippen LogP contribution in [0.1, 0.15) is 35.9 Å². The fourth-order valence-electron chi connectivity index (χ4n) is 3.09. The van der Waals surface area contributed by atoms with E-state index in [9.17, 15) is 4.79 Å². The van der Waals surface area contributed by atoms with Crippen molar-refractivity contribution in [2.24, 2.45) is 5.73 Å². The van der Waals surface area contributed by atoms with Gasteiger partial charge in [0.15, 0.2) is 0 Å².